The van der Waals surface area contributed by atoms with Gasteiger partial charge in [0.2, 0.25) is 0 Å². The third-order valence-corrected chi connectivity index (χ3v) is 5.68. The molecule has 0 amide bonds. The predicted molar refractivity (Wildman–Crippen MR) is 103 cm³/mol. The molecule has 27 heavy (non-hydrogen) atoms. The van der Waals surface area contributed by atoms with Crippen molar-refractivity contribution >= 4 is 35.1 Å². The van der Waals surface area contributed by atoms with Crippen LogP contribution in [0.3, 0.4) is 0 Å². The normalized spacial score (nSPS) is 20.9. The van der Waals surface area contributed by atoms with Crippen LogP contribution in [0.25, 0.3) is 0 Å². The number of carboxylic acids is 2. The fourth-order valence-corrected chi connectivity index (χ4v) is 4.04. The van der Waals surface area contributed by atoms with Crippen LogP contribution in [0.1, 0.15) is 29.9 Å². The number of halogens is 2. The second kappa shape index (κ2) is 7.50. The topological polar surface area (TPSA) is 101 Å². The average molecular weight is 408 g/mol. The van der Waals surface area contributed by atoms with Crippen LogP contribution in [-0.2, 0) is 9.59 Å². The molecule has 0 spiro atoms. The molecule has 7 heteroatoms. The Hall–Kier alpha value is -2.08. The van der Waals surface area contributed by atoms with E-state index in [1.54, 1.807) is 36.4 Å². The molecular formula is C20H19Cl2NO4. The highest BCUT2D eigenvalue weighted by atomic mass is 35.5. The molecule has 0 aromatic heterocycles. The van der Waals surface area contributed by atoms with E-state index in [2.05, 4.69) is 0 Å². The van der Waals surface area contributed by atoms with Crippen molar-refractivity contribution in [3.05, 3.63) is 69.7 Å². The van der Waals surface area contributed by atoms with Gasteiger partial charge in [-0.25, -0.2) is 0 Å². The molecule has 1 unspecified atom stereocenters. The van der Waals surface area contributed by atoms with E-state index >= 15 is 0 Å². The maximum atomic E-state index is 12.0. The zero-order chi connectivity index (χ0) is 19.8. The average Bonchev–Trinajstić information content (AvgIpc) is 3.41. The molecule has 5 nitrogen and oxygen atoms in total. The van der Waals surface area contributed by atoms with Gasteiger partial charge < -0.3 is 15.9 Å². The molecule has 3 atom stereocenters. The summed E-state index contributed by atoms with van der Waals surface area (Å²) in [6.07, 6.45) is 0.299. The molecule has 0 saturated heterocycles. The van der Waals surface area contributed by atoms with Crippen molar-refractivity contribution in [3.63, 3.8) is 0 Å². The van der Waals surface area contributed by atoms with E-state index in [0.717, 1.165) is 11.1 Å². The monoisotopic (exact) mass is 407 g/mol. The number of nitrogens with two attached hydrogens (primary N) is 1. The van der Waals surface area contributed by atoms with Crippen LogP contribution in [-0.4, -0.2) is 27.7 Å². The van der Waals surface area contributed by atoms with Gasteiger partial charge in [-0.1, -0.05) is 47.5 Å². The lowest BCUT2D eigenvalue weighted by Crippen LogP contribution is -2.52. The van der Waals surface area contributed by atoms with E-state index in [4.69, 9.17) is 28.9 Å². The molecule has 0 bridgehead atoms. The van der Waals surface area contributed by atoms with Gasteiger partial charge in [0.25, 0.3) is 0 Å². The Morgan fingerprint density at radius 2 is 1.59 bits per heavy atom. The SMILES string of the molecule is N[C@](CC(c1cccc(Cl)c1)c1cccc(Cl)c1)(C(=O)O)C1C[C@@H]1C(=O)O. The highest BCUT2D eigenvalue weighted by molar-refractivity contribution is 6.31. The van der Waals surface area contributed by atoms with E-state index in [1.807, 2.05) is 12.1 Å². The summed E-state index contributed by atoms with van der Waals surface area (Å²) in [4.78, 5) is 23.3. The van der Waals surface area contributed by atoms with Gasteiger partial charge in [-0.05, 0) is 48.2 Å². The first-order valence-electron chi connectivity index (χ1n) is 8.48. The molecule has 142 valence electrons. The van der Waals surface area contributed by atoms with Crippen molar-refractivity contribution in [1.82, 2.24) is 0 Å². The Labute approximate surface area is 166 Å². The van der Waals surface area contributed by atoms with Crippen LogP contribution in [0.15, 0.2) is 48.5 Å². The second-order valence-electron chi connectivity index (χ2n) is 7.00. The minimum atomic E-state index is -1.67. The molecular weight excluding hydrogens is 389 g/mol. The number of carbonyl (C=O) groups is 2. The van der Waals surface area contributed by atoms with Crippen molar-refractivity contribution in [2.75, 3.05) is 0 Å². The van der Waals surface area contributed by atoms with Gasteiger partial charge in [-0.2, -0.15) is 0 Å². The molecule has 1 fully saturated rings. The van der Waals surface area contributed by atoms with Crippen molar-refractivity contribution in [3.8, 4) is 0 Å². The summed E-state index contributed by atoms with van der Waals surface area (Å²) in [5, 5.41) is 20.1. The van der Waals surface area contributed by atoms with Gasteiger partial charge in [0, 0.05) is 21.9 Å². The quantitative estimate of drug-likeness (QED) is 0.643. The third kappa shape index (κ3) is 4.10. The standard InChI is InChI=1S/C20H19Cl2NO4/c21-13-5-1-3-11(7-13)16(12-4-2-6-14(22)8-12)10-20(23,19(26)27)17-9-15(17)18(24)25/h1-8,15-17H,9-10,23H2,(H,24,25)(H,26,27)/t15-,17?,20-/m0/s1. The first-order chi connectivity index (χ1) is 12.7. The number of rotatable bonds is 7. The van der Waals surface area contributed by atoms with Crippen LogP contribution in [0.4, 0.5) is 0 Å². The number of benzene rings is 2. The van der Waals surface area contributed by atoms with Crippen molar-refractivity contribution in [1.29, 1.82) is 0 Å². The highest BCUT2D eigenvalue weighted by Gasteiger charge is 2.59. The second-order valence-corrected chi connectivity index (χ2v) is 7.87. The van der Waals surface area contributed by atoms with Crippen LogP contribution in [0.5, 0.6) is 0 Å². The molecule has 0 heterocycles. The number of hydrogen-bond donors (Lipinski definition) is 3. The Morgan fingerprint density at radius 1 is 1.07 bits per heavy atom. The largest absolute Gasteiger partial charge is 0.481 e. The molecule has 1 aliphatic rings. The Morgan fingerprint density at radius 3 is 1.96 bits per heavy atom. The highest BCUT2D eigenvalue weighted by Crippen LogP contribution is 2.50. The van der Waals surface area contributed by atoms with Crippen molar-refractivity contribution < 1.29 is 19.8 Å². The van der Waals surface area contributed by atoms with Gasteiger partial charge in [0.15, 0.2) is 0 Å². The van der Waals surface area contributed by atoms with Crippen LogP contribution >= 0.6 is 23.2 Å². The zero-order valence-corrected chi connectivity index (χ0v) is 15.8. The first-order valence-corrected chi connectivity index (χ1v) is 9.24. The summed E-state index contributed by atoms with van der Waals surface area (Å²) in [6, 6.07) is 14.2. The van der Waals surface area contributed by atoms with Gasteiger partial charge >= 0.3 is 11.9 Å². The fourth-order valence-electron chi connectivity index (χ4n) is 3.65. The molecule has 0 aliphatic heterocycles. The Balaban J connectivity index is 2.02. The summed E-state index contributed by atoms with van der Waals surface area (Å²) in [7, 11) is 0. The zero-order valence-electron chi connectivity index (χ0n) is 14.3. The molecule has 4 N–H and O–H groups in total. The molecule has 2 aromatic carbocycles. The summed E-state index contributed by atoms with van der Waals surface area (Å²) < 4.78 is 0. The number of hydrogen-bond acceptors (Lipinski definition) is 3. The molecule has 1 saturated carbocycles. The lowest BCUT2D eigenvalue weighted by Gasteiger charge is -2.30. The number of carboxylic acid groups (broad SMARTS) is 2. The van der Waals surface area contributed by atoms with Gasteiger partial charge in [-0.15, -0.1) is 0 Å². The molecule has 3 rings (SSSR count). The summed E-state index contributed by atoms with van der Waals surface area (Å²) in [6.45, 7) is 0. The summed E-state index contributed by atoms with van der Waals surface area (Å²) in [5.74, 6) is -3.96. The van der Waals surface area contributed by atoms with E-state index in [0.29, 0.717) is 10.0 Å². The number of aliphatic carboxylic acids is 2. The lowest BCUT2D eigenvalue weighted by molar-refractivity contribution is -0.145. The van der Waals surface area contributed by atoms with Gasteiger partial charge in [0.05, 0.1) is 5.92 Å². The van der Waals surface area contributed by atoms with E-state index in [1.165, 1.54) is 0 Å². The van der Waals surface area contributed by atoms with Crippen molar-refractivity contribution in [2.45, 2.75) is 24.3 Å². The summed E-state index contributed by atoms with van der Waals surface area (Å²) >= 11 is 12.3. The van der Waals surface area contributed by atoms with Crippen molar-refractivity contribution in [2.24, 2.45) is 17.6 Å². The van der Waals surface area contributed by atoms with Crippen LogP contribution in [0, 0.1) is 11.8 Å². The molecule has 0 radical (unpaired) electrons. The lowest BCUT2D eigenvalue weighted by atomic mass is 9.77. The van der Waals surface area contributed by atoms with E-state index < -0.39 is 35.2 Å². The van der Waals surface area contributed by atoms with Crippen LogP contribution in [0.2, 0.25) is 10.0 Å². The predicted octanol–water partition coefficient (Wildman–Crippen LogP) is 4.02. The smallest absolute Gasteiger partial charge is 0.324 e. The van der Waals surface area contributed by atoms with Gasteiger partial charge in [-0.3, -0.25) is 9.59 Å². The van der Waals surface area contributed by atoms with Crippen LogP contribution < -0.4 is 5.73 Å². The first kappa shape index (κ1) is 19.7. The Bertz CT molecular complexity index is 842. The van der Waals surface area contributed by atoms with Gasteiger partial charge in [0.1, 0.15) is 5.54 Å². The van der Waals surface area contributed by atoms with E-state index in [-0.39, 0.29) is 12.8 Å². The maximum absolute atomic E-state index is 12.0. The molecule has 2 aromatic rings. The maximum Gasteiger partial charge on any atom is 0.324 e. The molecule has 1 aliphatic carbocycles. The van der Waals surface area contributed by atoms with E-state index in [9.17, 15) is 19.8 Å². The third-order valence-electron chi connectivity index (χ3n) is 5.21. The summed E-state index contributed by atoms with van der Waals surface area (Å²) in [5.41, 5.74) is 6.23. The minimum Gasteiger partial charge on any atom is -0.481 e. The minimum absolute atomic E-state index is 0.0392. The fraction of sp³-hybridized carbons (Fsp3) is 0.300. The Kier molecular flexibility index (Phi) is 5.47.